The van der Waals surface area contributed by atoms with Crippen LogP contribution in [0.2, 0.25) is 0 Å². The Morgan fingerprint density at radius 3 is 2.48 bits per heavy atom. The zero-order valence-electron chi connectivity index (χ0n) is 22.9. The van der Waals surface area contributed by atoms with Crippen LogP contribution in [-0.4, -0.2) is 39.5 Å². The van der Waals surface area contributed by atoms with Gasteiger partial charge in [0.2, 0.25) is 11.8 Å². The molecule has 0 radical (unpaired) electrons. The summed E-state index contributed by atoms with van der Waals surface area (Å²) in [4.78, 5) is 67.1. The lowest BCUT2D eigenvalue weighted by molar-refractivity contribution is -0.384. The van der Waals surface area contributed by atoms with E-state index in [9.17, 15) is 42.5 Å². The van der Waals surface area contributed by atoms with Crippen molar-refractivity contribution in [3.63, 3.8) is 0 Å². The van der Waals surface area contributed by atoms with Gasteiger partial charge in [0.15, 0.2) is 6.61 Å². The quantitative estimate of drug-likeness (QED) is 0.135. The Morgan fingerprint density at radius 1 is 1.07 bits per heavy atom. The lowest BCUT2D eigenvalue weighted by Crippen LogP contribution is -2.32. The number of H-pyrrole nitrogens is 1. The third-order valence-corrected chi connectivity index (χ3v) is 10.2. The summed E-state index contributed by atoms with van der Waals surface area (Å²) < 4.78 is 46.6. The number of carbonyl (C=O) groups is 3. The molecule has 3 atom stereocenters. The second kappa shape index (κ2) is 12.0. The Bertz CT molecular complexity index is 1970. The number of anilines is 2. The van der Waals surface area contributed by atoms with Crippen LogP contribution >= 0.6 is 39.0 Å². The summed E-state index contributed by atoms with van der Waals surface area (Å²) in [5.41, 5.74) is -1.23. The summed E-state index contributed by atoms with van der Waals surface area (Å²) in [7, 11) is 0. The van der Waals surface area contributed by atoms with Crippen LogP contribution < -0.4 is 19.8 Å². The molecule has 0 bridgehead atoms. The molecule has 1 aromatic heterocycles. The molecule has 2 N–H and O–H groups in total. The third kappa shape index (κ3) is 5.80. The number of nitrogens with one attached hydrogen (secondary N) is 2. The second-order valence-electron chi connectivity index (χ2n) is 10.1. The van der Waals surface area contributed by atoms with E-state index in [0.717, 1.165) is 40.1 Å². The predicted octanol–water partition coefficient (Wildman–Crippen LogP) is 5.94. The number of para-hydroxylation sites is 1. The molecule has 0 aliphatic carbocycles. The van der Waals surface area contributed by atoms with Crippen LogP contribution in [0.1, 0.15) is 21.9 Å². The van der Waals surface area contributed by atoms with Gasteiger partial charge in [0.1, 0.15) is 11.0 Å². The number of carbonyl (C=O) groups excluding carboxylic acids is 3. The van der Waals surface area contributed by atoms with Gasteiger partial charge in [-0.15, -0.1) is 0 Å². The van der Waals surface area contributed by atoms with E-state index in [2.05, 4.69) is 26.2 Å². The van der Waals surface area contributed by atoms with Crippen molar-refractivity contribution >= 4 is 73.8 Å². The summed E-state index contributed by atoms with van der Waals surface area (Å²) in [6, 6.07) is 14.1. The molecular weight excluding hydrogens is 717 g/mol. The molecule has 3 aromatic carbocycles. The Hall–Kier alpha value is -4.48. The van der Waals surface area contributed by atoms with Gasteiger partial charge in [0.05, 0.1) is 32.8 Å². The van der Waals surface area contributed by atoms with Crippen LogP contribution in [0, 0.1) is 16.0 Å². The number of aromatic amines is 1. The summed E-state index contributed by atoms with van der Waals surface area (Å²) in [6.45, 7) is -0.700. The van der Waals surface area contributed by atoms with Gasteiger partial charge in [0.25, 0.3) is 11.6 Å². The Morgan fingerprint density at radius 2 is 1.78 bits per heavy atom. The lowest BCUT2D eigenvalue weighted by atomic mass is 9.82. The molecule has 6 rings (SSSR count). The SMILES string of the molecule is O=C(COc1ccc(Br)cc1[C@H]1c2sc(=O)[nH]c2SC2C(=O)N(c3ccc([N+](=O)[O-])cc3)C(=O)C21)Nc1ccccc1C(F)(F)F. The first-order valence-corrected chi connectivity index (χ1v) is 15.7. The maximum absolute atomic E-state index is 14.0. The van der Waals surface area contributed by atoms with E-state index in [1.807, 2.05) is 0 Å². The van der Waals surface area contributed by atoms with Gasteiger partial charge in [-0.1, -0.05) is 51.2 Å². The van der Waals surface area contributed by atoms with Crippen LogP contribution in [0.15, 0.2) is 81.0 Å². The van der Waals surface area contributed by atoms with Crippen LogP contribution in [0.5, 0.6) is 5.75 Å². The number of alkyl halides is 3. The van der Waals surface area contributed by atoms with Crippen molar-refractivity contribution in [1.29, 1.82) is 0 Å². The lowest BCUT2D eigenvalue weighted by Gasteiger charge is -2.31. The van der Waals surface area contributed by atoms with E-state index in [4.69, 9.17) is 4.74 Å². The fourth-order valence-electron chi connectivity index (χ4n) is 5.39. The molecule has 2 aliphatic rings. The maximum atomic E-state index is 14.0. The Balaban J connectivity index is 1.34. The fourth-order valence-corrected chi connectivity index (χ4v) is 8.28. The fraction of sp³-hybridized carbons (Fsp3) is 0.172. The number of aromatic nitrogens is 1. The monoisotopic (exact) mass is 734 g/mol. The number of fused-ring (bicyclic) bond motifs is 2. The largest absolute Gasteiger partial charge is 0.483 e. The minimum absolute atomic E-state index is 0.0962. The highest BCUT2D eigenvalue weighted by Gasteiger charge is 2.57. The molecule has 46 heavy (non-hydrogen) atoms. The van der Waals surface area contributed by atoms with Crippen molar-refractivity contribution in [1.82, 2.24) is 4.98 Å². The number of nitrogens with zero attached hydrogens (tertiary/aromatic N) is 2. The van der Waals surface area contributed by atoms with Crippen LogP contribution in [0.4, 0.5) is 30.2 Å². The minimum Gasteiger partial charge on any atom is -0.483 e. The molecular formula is C29H18BrF3N4O7S2. The number of hydrogen-bond donors (Lipinski definition) is 2. The number of thiazole rings is 1. The molecule has 0 spiro atoms. The predicted molar refractivity (Wildman–Crippen MR) is 165 cm³/mol. The highest BCUT2D eigenvalue weighted by Crippen LogP contribution is 2.55. The Kier molecular flexibility index (Phi) is 8.24. The van der Waals surface area contributed by atoms with Gasteiger partial charge in [-0.05, 0) is 42.5 Å². The summed E-state index contributed by atoms with van der Waals surface area (Å²) in [6.07, 6.45) is -4.71. The van der Waals surface area contributed by atoms with Crippen molar-refractivity contribution in [3.05, 3.63) is 107 Å². The maximum Gasteiger partial charge on any atom is 0.418 e. The molecule has 1 saturated heterocycles. The van der Waals surface area contributed by atoms with E-state index in [-0.39, 0.29) is 17.1 Å². The molecule has 2 unspecified atom stereocenters. The van der Waals surface area contributed by atoms with E-state index < -0.39 is 68.6 Å². The summed E-state index contributed by atoms with van der Waals surface area (Å²) >= 11 is 5.27. The minimum atomic E-state index is -4.71. The number of ether oxygens (including phenoxy) is 1. The zero-order valence-corrected chi connectivity index (χ0v) is 26.1. The number of hydrogen-bond acceptors (Lipinski definition) is 9. The number of halogens is 4. The third-order valence-electron chi connectivity index (χ3n) is 7.31. The summed E-state index contributed by atoms with van der Waals surface area (Å²) in [5, 5.41) is 12.7. The average Bonchev–Trinajstić information content (AvgIpc) is 3.50. The highest BCUT2D eigenvalue weighted by atomic mass is 79.9. The number of benzene rings is 3. The van der Waals surface area contributed by atoms with Gasteiger partial charge in [0, 0.05) is 33.0 Å². The topological polar surface area (TPSA) is 152 Å². The average molecular weight is 736 g/mol. The Labute approximate surface area is 273 Å². The van der Waals surface area contributed by atoms with Crippen LogP contribution in [0.25, 0.3) is 0 Å². The number of nitro benzene ring substituents is 1. The molecule has 4 aromatic rings. The van der Waals surface area contributed by atoms with Crippen molar-refractivity contribution in [2.45, 2.75) is 22.4 Å². The van der Waals surface area contributed by atoms with E-state index >= 15 is 0 Å². The molecule has 236 valence electrons. The molecule has 17 heteroatoms. The molecule has 1 fully saturated rings. The number of non-ortho nitro benzene ring substituents is 1. The first kappa shape index (κ1) is 31.5. The van der Waals surface area contributed by atoms with Crippen LogP contribution in [0.3, 0.4) is 0 Å². The molecule has 11 nitrogen and oxygen atoms in total. The van der Waals surface area contributed by atoms with Gasteiger partial charge in [-0.25, -0.2) is 4.90 Å². The van der Waals surface area contributed by atoms with Crippen molar-refractivity contribution in [2.24, 2.45) is 5.92 Å². The molecule has 3 heterocycles. The van der Waals surface area contributed by atoms with Gasteiger partial charge >= 0.3 is 11.0 Å². The van der Waals surface area contributed by atoms with Crippen molar-refractivity contribution in [3.8, 4) is 5.75 Å². The first-order chi connectivity index (χ1) is 21.8. The number of thioether (sulfide) groups is 1. The number of rotatable bonds is 7. The van der Waals surface area contributed by atoms with Crippen molar-refractivity contribution < 1.29 is 37.2 Å². The number of nitro groups is 1. The number of imide groups is 1. The van der Waals surface area contributed by atoms with E-state index in [1.165, 1.54) is 42.5 Å². The van der Waals surface area contributed by atoms with E-state index in [1.54, 1.807) is 12.1 Å². The second-order valence-corrected chi connectivity index (χ2v) is 13.2. The normalized spacial score (nSPS) is 19.0. The zero-order chi connectivity index (χ0) is 32.9. The van der Waals surface area contributed by atoms with Gasteiger partial charge in [-0.2, -0.15) is 13.2 Å². The first-order valence-electron chi connectivity index (χ1n) is 13.2. The van der Waals surface area contributed by atoms with E-state index in [0.29, 0.717) is 19.9 Å². The summed E-state index contributed by atoms with van der Waals surface area (Å²) in [5.74, 6) is -3.94. The molecule has 0 saturated carbocycles. The van der Waals surface area contributed by atoms with Crippen molar-refractivity contribution in [2.75, 3.05) is 16.8 Å². The van der Waals surface area contributed by atoms with Gasteiger partial charge in [-0.3, -0.25) is 29.3 Å². The molecule has 3 amide bonds. The van der Waals surface area contributed by atoms with Crippen LogP contribution in [-0.2, 0) is 20.6 Å². The standard InChI is InChI=1S/C29H18BrF3N4O7S2/c30-13-5-10-19(44-12-20(38)34-18-4-2-1-3-17(18)29(31,32)33)16(11-13)21-22-24(45-25-23(21)46-28(41)35-25)27(40)36(26(22)39)14-6-8-15(9-7-14)37(42)43/h1-11,21-22,24H,12H2,(H,34,38)(H,35,41)/t21-,22?,24?/m1/s1. The van der Waals surface area contributed by atoms with Gasteiger partial charge < -0.3 is 15.0 Å². The number of amides is 3. The smallest absolute Gasteiger partial charge is 0.418 e. The molecule has 2 aliphatic heterocycles. The highest BCUT2D eigenvalue weighted by molar-refractivity contribution is 9.10.